The SMILES string of the molecule is COC(OC)c1cccc(N=C(N)N=C(N)N)c1F. The van der Waals surface area contributed by atoms with Gasteiger partial charge in [-0.15, -0.1) is 0 Å². The molecule has 0 heterocycles. The Morgan fingerprint density at radius 3 is 2.37 bits per heavy atom. The number of halogens is 1. The van der Waals surface area contributed by atoms with Gasteiger partial charge in [-0.05, 0) is 6.07 Å². The Hall–Kier alpha value is -2.19. The minimum absolute atomic E-state index is 0.0147. The molecule has 19 heavy (non-hydrogen) atoms. The molecule has 0 radical (unpaired) electrons. The first-order valence-electron chi connectivity index (χ1n) is 5.27. The van der Waals surface area contributed by atoms with Gasteiger partial charge in [0.25, 0.3) is 0 Å². The summed E-state index contributed by atoms with van der Waals surface area (Å²) in [6, 6.07) is 4.53. The zero-order chi connectivity index (χ0) is 14.4. The van der Waals surface area contributed by atoms with E-state index in [1.54, 1.807) is 6.07 Å². The van der Waals surface area contributed by atoms with Gasteiger partial charge in [-0.25, -0.2) is 9.38 Å². The molecular weight excluding hydrogens is 253 g/mol. The van der Waals surface area contributed by atoms with Crippen LogP contribution in [0.4, 0.5) is 10.1 Å². The first-order valence-corrected chi connectivity index (χ1v) is 5.27. The summed E-state index contributed by atoms with van der Waals surface area (Å²) in [6.07, 6.45) is -0.834. The average molecular weight is 269 g/mol. The van der Waals surface area contributed by atoms with Gasteiger partial charge in [-0.1, -0.05) is 12.1 Å². The van der Waals surface area contributed by atoms with Crippen LogP contribution in [0.1, 0.15) is 11.9 Å². The second kappa shape index (κ2) is 6.66. The molecule has 0 aliphatic carbocycles. The first kappa shape index (κ1) is 14.9. The molecule has 0 spiro atoms. The van der Waals surface area contributed by atoms with E-state index < -0.39 is 12.1 Å². The van der Waals surface area contributed by atoms with Gasteiger partial charge >= 0.3 is 0 Å². The van der Waals surface area contributed by atoms with Crippen LogP contribution in [0.25, 0.3) is 0 Å². The number of aliphatic imine (C=N–C) groups is 2. The Bertz CT molecular complexity index is 496. The fourth-order valence-corrected chi connectivity index (χ4v) is 1.44. The van der Waals surface area contributed by atoms with Crippen LogP contribution in [0.15, 0.2) is 28.2 Å². The van der Waals surface area contributed by atoms with Crippen LogP contribution in [0.3, 0.4) is 0 Å². The lowest BCUT2D eigenvalue weighted by Gasteiger charge is -2.15. The number of hydrogen-bond donors (Lipinski definition) is 3. The van der Waals surface area contributed by atoms with E-state index in [4.69, 9.17) is 26.7 Å². The second-order valence-corrected chi connectivity index (χ2v) is 3.49. The zero-order valence-corrected chi connectivity index (χ0v) is 10.6. The molecule has 0 saturated carbocycles. The van der Waals surface area contributed by atoms with Gasteiger partial charge in [-0.2, -0.15) is 4.99 Å². The second-order valence-electron chi connectivity index (χ2n) is 3.49. The third-order valence-electron chi connectivity index (χ3n) is 2.17. The highest BCUT2D eigenvalue weighted by molar-refractivity contribution is 5.93. The Morgan fingerprint density at radius 2 is 1.84 bits per heavy atom. The third-order valence-corrected chi connectivity index (χ3v) is 2.17. The molecule has 6 N–H and O–H groups in total. The van der Waals surface area contributed by atoms with Crippen LogP contribution in [-0.2, 0) is 9.47 Å². The minimum atomic E-state index is -0.834. The summed E-state index contributed by atoms with van der Waals surface area (Å²) in [5.41, 5.74) is 15.9. The first-order chi connectivity index (χ1) is 8.99. The van der Waals surface area contributed by atoms with Crippen molar-refractivity contribution in [3.05, 3.63) is 29.6 Å². The van der Waals surface area contributed by atoms with Gasteiger partial charge < -0.3 is 26.7 Å². The number of ether oxygens (including phenoxy) is 2. The Labute approximate surface area is 109 Å². The van der Waals surface area contributed by atoms with Crippen LogP contribution >= 0.6 is 0 Å². The molecule has 0 unspecified atom stereocenters. The van der Waals surface area contributed by atoms with E-state index in [2.05, 4.69) is 9.98 Å². The molecule has 1 aromatic carbocycles. The van der Waals surface area contributed by atoms with Crippen molar-refractivity contribution in [2.75, 3.05) is 14.2 Å². The minimum Gasteiger partial charge on any atom is -0.370 e. The summed E-state index contributed by atoms with van der Waals surface area (Å²) in [6.45, 7) is 0. The lowest BCUT2D eigenvalue weighted by Crippen LogP contribution is -2.26. The van der Waals surface area contributed by atoms with Crippen LogP contribution in [0.2, 0.25) is 0 Å². The standard InChI is InChI=1S/C11H16FN5O2/c1-18-9(19-2)6-4-3-5-7(8(6)12)16-11(15)17-10(13)14/h3-5,9H,1-2H3,(H6,13,14,15,16,17). The predicted octanol–water partition coefficient (Wildman–Crippen LogP) is 0.337. The van der Waals surface area contributed by atoms with Crippen molar-refractivity contribution in [1.29, 1.82) is 0 Å². The third kappa shape index (κ3) is 3.90. The van der Waals surface area contributed by atoms with E-state index in [9.17, 15) is 4.39 Å². The van der Waals surface area contributed by atoms with Crippen LogP contribution in [-0.4, -0.2) is 26.1 Å². The van der Waals surface area contributed by atoms with E-state index in [-0.39, 0.29) is 23.2 Å². The Morgan fingerprint density at radius 1 is 1.21 bits per heavy atom. The zero-order valence-electron chi connectivity index (χ0n) is 10.6. The van der Waals surface area contributed by atoms with E-state index >= 15 is 0 Å². The number of methoxy groups -OCH3 is 2. The van der Waals surface area contributed by atoms with E-state index in [1.807, 2.05) is 0 Å². The van der Waals surface area contributed by atoms with Gasteiger partial charge in [0.15, 0.2) is 18.1 Å². The van der Waals surface area contributed by atoms with Crippen molar-refractivity contribution in [3.8, 4) is 0 Å². The maximum absolute atomic E-state index is 14.2. The number of benzene rings is 1. The molecule has 0 aliphatic heterocycles. The summed E-state index contributed by atoms with van der Waals surface area (Å²) in [4.78, 5) is 7.27. The van der Waals surface area contributed by atoms with Gasteiger partial charge in [0, 0.05) is 19.8 Å². The Balaban J connectivity index is 3.18. The fraction of sp³-hybridized carbons (Fsp3) is 0.273. The number of nitrogens with two attached hydrogens (primary N) is 3. The van der Waals surface area contributed by atoms with Crippen LogP contribution in [0, 0.1) is 5.82 Å². The number of hydrogen-bond acceptors (Lipinski definition) is 3. The molecule has 0 bridgehead atoms. The lowest BCUT2D eigenvalue weighted by atomic mass is 10.2. The van der Waals surface area contributed by atoms with Gasteiger partial charge in [-0.3, -0.25) is 0 Å². The monoisotopic (exact) mass is 269 g/mol. The van der Waals surface area contributed by atoms with Gasteiger partial charge in [0.05, 0.1) is 0 Å². The average Bonchev–Trinajstić information content (AvgIpc) is 2.34. The van der Waals surface area contributed by atoms with Crippen molar-refractivity contribution < 1.29 is 13.9 Å². The maximum Gasteiger partial charge on any atom is 0.223 e. The molecule has 0 aromatic heterocycles. The van der Waals surface area contributed by atoms with Crippen molar-refractivity contribution in [2.24, 2.45) is 27.2 Å². The highest BCUT2D eigenvalue weighted by Gasteiger charge is 2.16. The van der Waals surface area contributed by atoms with Gasteiger partial charge in [0.2, 0.25) is 5.96 Å². The molecule has 0 fully saturated rings. The predicted molar refractivity (Wildman–Crippen MR) is 70.3 cm³/mol. The topological polar surface area (TPSA) is 121 Å². The summed E-state index contributed by atoms with van der Waals surface area (Å²) >= 11 is 0. The fourth-order valence-electron chi connectivity index (χ4n) is 1.44. The molecule has 8 heteroatoms. The van der Waals surface area contributed by atoms with Crippen LogP contribution in [0.5, 0.6) is 0 Å². The lowest BCUT2D eigenvalue weighted by molar-refractivity contribution is -0.107. The molecule has 1 rings (SSSR count). The summed E-state index contributed by atoms with van der Waals surface area (Å²) in [5, 5.41) is 0. The summed E-state index contributed by atoms with van der Waals surface area (Å²) in [7, 11) is 2.80. The van der Waals surface area contributed by atoms with Crippen molar-refractivity contribution in [2.45, 2.75) is 6.29 Å². The number of guanidine groups is 2. The molecule has 104 valence electrons. The highest BCUT2D eigenvalue weighted by atomic mass is 19.1. The molecule has 0 atom stereocenters. The molecule has 0 aliphatic rings. The summed E-state index contributed by atoms with van der Waals surface area (Å²) < 4.78 is 24.1. The normalized spacial score (nSPS) is 11.7. The van der Waals surface area contributed by atoms with Crippen molar-refractivity contribution in [3.63, 3.8) is 0 Å². The van der Waals surface area contributed by atoms with Crippen molar-refractivity contribution in [1.82, 2.24) is 0 Å². The number of nitrogens with zero attached hydrogens (tertiary/aromatic N) is 2. The summed E-state index contributed by atoms with van der Waals surface area (Å²) in [5.74, 6) is -1.13. The molecule has 0 amide bonds. The Kier molecular flexibility index (Phi) is 5.22. The highest BCUT2D eigenvalue weighted by Crippen LogP contribution is 2.27. The van der Waals surface area contributed by atoms with E-state index in [0.717, 1.165) is 0 Å². The molecule has 0 saturated heterocycles. The van der Waals surface area contributed by atoms with Gasteiger partial charge in [0.1, 0.15) is 5.69 Å². The van der Waals surface area contributed by atoms with Crippen LogP contribution < -0.4 is 17.2 Å². The smallest absolute Gasteiger partial charge is 0.223 e. The molecule has 7 nitrogen and oxygen atoms in total. The molecular formula is C11H16FN5O2. The van der Waals surface area contributed by atoms with E-state index in [0.29, 0.717) is 0 Å². The number of rotatable bonds is 4. The van der Waals surface area contributed by atoms with Crippen molar-refractivity contribution >= 4 is 17.6 Å². The van der Waals surface area contributed by atoms with E-state index in [1.165, 1.54) is 26.4 Å². The maximum atomic E-state index is 14.2. The largest absolute Gasteiger partial charge is 0.370 e. The molecule has 1 aromatic rings. The quantitative estimate of drug-likeness (QED) is 0.413.